The van der Waals surface area contributed by atoms with Crippen molar-refractivity contribution in [2.24, 2.45) is 5.73 Å². The van der Waals surface area contributed by atoms with Crippen molar-refractivity contribution in [1.82, 2.24) is 14.8 Å². The highest BCUT2D eigenvalue weighted by atomic mass is 35.5. The molecule has 0 amide bonds. The molecule has 0 atom stereocenters. The van der Waals surface area contributed by atoms with Crippen molar-refractivity contribution in [2.75, 3.05) is 64.8 Å². The van der Waals surface area contributed by atoms with Gasteiger partial charge < -0.3 is 25.6 Å². The molecular weight excluding hydrogens is 434 g/mol. The SMILES string of the molecule is COc1ccc(-c2cc(NCCCN3CCN(CCCN)CC3)c3ccccc3n2)cc1.Cl. The van der Waals surface area contributed by atoms with Gasteiger partial charge in [0.25, 0.3) is 0 Å². The molecule has 1 aliphatic rings. The summed E-state index contributed by atoms with van der Waals surface area (Å²) in [6.07, 6.45) is 2.22. The highest BCUT2D eigenvalue weighted by molar-refractivity contribution is 5.93. The number of nitrogens with zero attached hydrogens (tertiary/aromatic N) is 3. The molecule has 1 fully saturated rings. The average molecular weight is 470 g/mol. The molecule has 0 aliphatic carbocycles. The van der Waals surface area contributed by atoms with Crippen LogP contribution in [0.15, 0.2) is 54.6 Å². The lowest BCUT2D eigenvalue weighted by Crippen LogP contribution is -2.47. The van der Waals surface area contributed by atoms with Crippen molar-refractivity contribution in [3.63, 3.8) is 0 Å². The van der Waals surface area contributed by atoms with Gasteiger partial charge in [0.1, 0.15) is 5.75 Å². The van der Waals surface area contributed by atoms with Crippen LogP contribution in [0.3, 0.4) is 0 Å². The second-order valence-electron chi connectivity index (χ2n) is 8.41. The van der Waals surface area contributed by atoms with E-state index >= 15 is 0 Å². The highest BCUT2D eigenvalue weighted by Crippen LogP contribution is 2.29. The minimum Gasteiger partial charge on any atom is -0.497 e. The van der Waals surface area contributed by atoms with Gasteiger partial charge in [0.2, 0.25) is 0 Å². The van der Waals surface area contributed by atoms with Crippen LogP contribution in [0.25, 0.3) is 22.2 Å². The van der Waals surface area contributed by atoms with Gasteiger partial charge in [-0.3, -0.25) is 0 Å². The van der Waals surface area contributed by atoms with Gasteiger partial charge in [0.05, 0.1) is 18.3 Å². The van der Waals surface area contributed by atoms with Crippen molar-refractivity contribution >= 4 is 29.0 Å². The van der Waals surface area contributed by atoms with Crippen molar-refractivity contribution in [3.05, 3.63) is 54.6 Å². The zero-order chi connectivity index (χ0) is 22.2. The number of aromatic nitrogens is 1. The van der Waals surface area contributed by atoms with Gasteiger partial charge in [-0.05, 0) is 68.9 Å². The summed E-state index contributed by atoms with van der Waals surface area (Å²) in [5.41, 5.74) is 9.86. The minimum absolute atomic E-state index is 0. The minimum atomic E-state index is 0. The number of rotatable bonds is 10. The molecule has 33 heavy (non-hydrogen) atoms. The van der Waals surface area contributed by atoms with E-state index in [1.165, 1.54) is 5.39 Å². The number of para-hydroxylation sites is 1. The maximum Gasteiger partial charge on any atom is 0.118 e. The van der Waals surface area contributed by atoms with E-state index in [0.29, 0.717) is 0 Å². The largest absolute Gasteiger partial charge is 0.497 e. The summed E-state index contributed by atoms with van der Waals surface area (Å²) in [6, 6.07) is 18.6. The van der Waals surface area contributed by atoms with Crippen molar-refractivity contribution in [1.29, 1.82) is 0 Å². The molecule has 6 nitrogen and oxygen atoms in total. The lowest BCUT2D eigenvalue weighted by Gasteiger charge is -2.34. The van der Waals surface area contributed by atoms with Gasteiger partial charge in [-0.2, -0.15) is 0 Å². The average Bonchev–Trinajstić information content (AvgIpc) is 2.86. The first-order valence-electron chi connectivity index (χ1n) is 11.7. The fourth-order valence-corrected chi connectivity index (χ4v) is 4.31. The van der Waals surface area contributed by atoms with Crippen molar-refractivity contribution in [3.8, 4) is 17.0 Å². The highest BCUT2D eigenvalue weighted by Gasteiger charge is 2.15. The number of piperazine rings is 1. The Kier molecular flexibility index (Phi) is 9.76. The van der Waals surface area contributed by atoms with E-state index < -0.39 is 0 Å². The van der Waals surface area contributed by atoms with Crippen LogP contribution >= 0.6 is 12.4 Å². The normalized spacial score (nSPS) is 14.7. The second-order valence-corrected chi connectivity index (χ2v) is 8.41. The number of fused-ring (bicyclic) bond motifs is 1. The first-order valence-corrected chi connectivity index (χ1v) is 11.7. The number of pyridine rings is 1. The number of nitrogens with two attached hydrogens (primary N) is 1. The third-order valence-corrected chi connectivity index (χ3v) is 6.21. The van der Waals surface area contributed by atoms with Crippen LogP contribution in [0.4, 0.5) is 5.69 Å². The van der Waals surface area contributed by atoms with Gasteiger partial charge in [-0.25, -0.2) is 4.98 Å². The Hall–Kier alpha value is -2.38. The van der Waals surface area contributed by atoms with E-state index in [9.17, 15) is 0 Å². The van der Waals surface area contributed by atoms with Crippen LogP contribution in [0.2, 0.25) is 0 Å². The summed E-state index contributed by atoms with van der Waals surface area (Å²) in [6.45, 7) is 8.64. The molecule has 178 valence electrons. The first-order chi connectivity index (χ1) is 15.8. The van der Waals surface area contributed by atoms with E-state index in [4.69, 9.17) is 15.5 Å². The van der Waals surface area contributed by atoms with Crippen LogP contribution in [-0.4, -0.2) is 74.3 Å². The molecule has 1 aliphatic heterocycles. The van der Waals surface area contributed by atoms with Gasteiger partial charge in [-0.1, -0.05) is 18.2 Å². The van der Waals surface area contributed by atoms with Gasteiger partial charge in [-0.15, -0.1) is 12.4 Å². The molecular formula is C26H36ClN5O. The number of ether oxygens (including phenoxy) is 1. The molecule has 0 spiro atoms. The molecule has 1 saturated heterocycles. The van der Waals surface area contributed by atoms with Crippen LogP contribution in [0.1, 0.15) is 12.8 Å². The maximum absolute atomic E-state index is 5.64. The molecule has 2 aromatic carbocycles. The lowest BCUT2D eigenvalue weighted by molar-refractivity contribution is 0.132. The van der Waals surface area contributed by atoms with E-state index in [-0.39, 0.29) is 12.4 Å². The summed E-state index contributed by atoms with van der Waals surface area (Å²) in [5.74, 6) is 0.855. The Balaban J connectivity index is 0.00000306. The molecule has 7 heteroatoms. The number of benzene rings is 2. The van der Waals surface area contributed by atoms with Crippen molar-refractivity contribution < 1.29 is 4.74 Å². The summed E-state index contributed by atoms with van der Waals surface area (Å²) >= 11 is 0. The van der Waals surface area contributed by atoms with Crippen LogP contribution in [0, 0.1) is 0 Å². The molecule has 3 aromatic rings. The number of anilines is 1. The molecule has 4 rings (SSSR count). The zero-order valence-corrected chi connectivity index (χ0v) is 20.3. The summed E-state index contributed by atoms with van der Waals surface area (Å²) in [7, 11) is 1.69. The predicted octanol–water partition coefficient (Wildman–Crippen LogP) is 4.10. The van der Waals surface area contributed by atoms with E-state index in [2.05, 4.69) is 51.5 Å². The Morgan fingerprint density at radius 2 is 1.61 bits per heavy atom. The Bertz CT molecular complexity index is 990. The number of halogens is 1. The molecule has 0 bridgehead atoms. The number of nitrogens with one attached hydrogen (secondary N) is 1. The summed E-state index contributed by atoms with van der Waals surface area (Å²) in [5, 5.41) is 4.85. The predicted molar refractivity (Wildman–Crippen MR) is 141 cm³/mol. The maximum atomic E-state index is 5.64. The molecule has 3 N–H and O–H groups in total. The molecule has 2 heterocycles. The number of methoxy groups -OCH3 is 1. The molecule has 1 aromatic heterocycles. The van der Waals surface area contributed by atoms with E-state index in [1.54, 1.807) is 7.11 Å². The van der Waals surface area contributed by atoms with E-state index in [1.807, 2.05) is 18.2 Å². The topological polar surface area (TPSA) is 66.7 Å². The van der Waals surface area contributed by atoms with Crippen LogP contribution < -0.4 is 15.8 Å². The quantitative estimate of drug-likeness (QED) is 0.436. The molecule has 0 radical (unpaired) electrons. The summed E-state index contributed by atoms with van der Waals surface area (Å²) in [4.78, 5) is 10.0. The van der Waals surface area contributed by atoms with Gasteiger partial charge in [0, 0.05) is 49.4 Å². The smallest absolute Gasteiger partial charge is 0.118 e. The second kappa shape index (κ2) is 12.8. The Labute approximate surface area is 203 Å². The lowest BCUT2D eigenvalue weighted by atomic mass is 10.1. The van der Waals surface area contributed by atoms with Crippen LogP contribution in [0.5, 0.6) is 5.75 Å². The molecule has 0 saturated carbocycles. The first kappa shape index (κ1) is 25.2. The standard InChI is InChI=1S/C26H35N5O.ClH/c1-32-22-10-8-21(9-11-22)25-20-26(23-6-2-3-7-24(23)29-25)28-13-5-15-31-18-16-30(17-19-31)14-4-12-27;/h2-3,6-11,20H,4-5,12-19,27H2,1H3,(H,28,29);1H. The summed E-state index contributed by atoms with van der Waals surface area (Å²) < 4.78 is 5.29. The fourth-order valence-electron chi connectivity index (χ4n) is 4.31. The van der Waals surface area contributed by atoms with E-state index in [0.717, 1.165) is 93.4 Å². The van der Waals surface area contributed by atoms with Crippen LogP contribution in [-0.2, 0) is 0 Å². The zero-order valence-electron chi connectivity index (χ0n) is 19.5. The number of hydrogen-bond donors (Lipinski definition) is 2. The number of hydrogen-bond acceptors (Lipinski definition) is 6. The third kappa shape index (κ3) is 6.81. The third-order valence-electron chi connectivity index (χ3n) is 6.21. The van der Waals surface area contributed by atoms with Gasteiger partial charge in [0.15, 0.2) is 0 Å². The Morgan fingerprint density at radius 1 is 0.939 bits per heavy atom. The molecule has 0 unspecified atom stereocenters. The van der Waals surface area contributed by atoms with Crippen molar-refractivity contribution in [2.45, 2.75) is 12.8 Å². The Morgan fingerprint density at radius 3 is 2.27 bits per heavy atom. The van der Waals surface area contributed by atoms with Gasteiger partial charge >= 0.3 is 0 Å². The monoisotopic (exact) mass is 469 g/mol. The fraction of sp³-hybridized carbons (Fsp3) is 0.423.